The van der Waals surface area contributed by atoms with Crippen molar-refractivity contribution in [3.05, 3.63) is 71.0 Å². The number of hydrogen-bond acceptors (Lipinski definition) is 4. The third-order valence-electron chi connectivity index (χ3n) is 4.91. The summed E-state index contributed by atoms with van der Waals surface area (Å²) in [6.45, 7) is 1.55. The van der Waals surface area contributed by atoms with Crippen molar-refractivity contribution < 1.29 is 9.53 Å². The maximum atomic E-state index is 12.5. The predicted octanol–water partition coefficient (Wildman–Crippen LogP) is 4.03. The fourth-order valence-corrected chi connectivity index (χ4v) is 3.85. The second-order valence-electron chi connectivity index (χ2n) is 6.45. The van der Waals surface area contributed by atoms with E-state index in [-0.39, 0.29) is 18.0 Å². The molecule has 3 aromatic rings. The number of nitrogens with zero attached hydrogens (tertiary/aromatic N) is 4. The molecule has 6 nitrogen and oxygen atoms in total. The number of ether oxygens (including phenoxy) is 1. The van der Waals surface area contributed by atoms with E-state index in [1.54, 1.807) is 23.6 Å². The number of para-hydroxylation sites is 1. The van der Waals surface area contributed by atoms with Crippen LogP contribution >= 0.6 is 11.6 Å². The zero-order valence-electron chi connectivity index (χ0n) is 15.0. The molecule has 2 heterocycles. The van der Waals surface area contributed by atoms with Crippen LogP contribution in [0, 0.1) is 0 Å². The number of methoxy groups -OCH3 is 1. The largest absolute Gasteiger partial charge is 0.496 e. The highest BCUT2D eigenvalue weighted by atomic mass is 35.5. The topological polar surface area (TPSA) is 60.2 Å². The molecule has 2 aromatic carbocycles. The molecule has 4 rings (SSSR count). The lowest BCUT2D eigenvalue weighted by Gasteiger charge is -2.38. The molecule has 1 amide bonds. The van der Waals surface area contributed by atoms with Gasteiger partial charge in [0.2, 0.25) is 11.9 Å². The van der Waals surface area contributed by atoms with Crippen LogP contribution in [0.2, 0.25) is 5.02 Å². The quantitative estimate of drug-likeness (QED) is 0.686. The van der Waals surface area contributed by atoms with Crippen LogP contribution in [-0.2, 0) is 4.79 Å². The van der Waals surface area contributed by atoms with Crippen LogP contribution in [0.5, 0.6) is 5.75 Å². The van der Waals surface area contributed by atoms with E-state index in [2.05, 4.69) is 10.1 Å². The van der Waals surface area contributed by atoms with E-state index in [1.165, 1.54) is 6.33 Å². The summed E-state index contributed by atoms with van der Waals surface area (Å²) in [5.41, 5.74) is 2.01. The van der Waals surface area contributed by atoms with E-state index < -0.39 is 0 Å². The molecular weight excluding hydrogens is 364 g/mol. The first-order valence-electron chi connectivity index (χ1n) is 8.68. The van der Waals surface area contributed by atoms with Crippen molar-refractivity contribution in [3.63, 3.8) is 0 Å². The van der Waals surface area contributed by atoms with Crippen LogP contribution in [0.15, 0.2) is 54.9 Å². The Bertz CT molecular complexity index is 970. The maximum absolute atomic E-state index is 12.5. The van der Waals surface area contributed by atoms with Gasteiger partial charge in [-0.1, -0.05) is 41.9 Å². The second-order valence-corrected chi connectivity index (χ2v) is 6.89. The van der Waals surface area contributed by atoms with Crippen LogP contribution in [0.4, 0.5) is 5.95 Å². The van der Waals surface area contributed by atoms with Crippen molar-refractivity contribution in [2.75, 3.05) is 12.0 Å². The smallest absolute Gasteiger partial charge is 0.231 e. The summed E-state index contributed by atoms with van der Waals surface area (Å²) in [6.07, 6.45) is 2.13. The van der Waals surface area contributed by atoms with Crippen LogP contribution in [0.3, 0.4) is 0 Å². The Morgan fingerprint density at radius 1 is 1.15 bits per heavy atom. The van der Waals surface area contributed by atoms with E-state index in [9.17, 15) is 4.79 Å². The number of benzene rings is 2. The molecule has 1 aliphatic rings. The van der Waals surface area contributed by atoms with Gasteiger partial charge in [-0.05, 0) is 30.2 Å². The molecule has 0 unspecified atom stereocenters. The summed E-state index contributed by atoms with van der Waals surface area (Å²) >= 11 is 6.05. The van der Waals surface area contributed by atoms with Gasteiger partial charge < -0.3 is 4.74 Å². The number of aromatic nitrogens is 3. The molecule has 2 atom stereocenters. The van der Waals surface area contributed by atoms with E-state index in [4.69, 9.17) is 16.3 Å². The highest BCUT2D eigenvalue weighted by Crippen LogP contribution is 2.43. The number of anilines is 1. The molecule has 0 bridgehead atoms. The van der Waals surface area contributed by atoms with Gasteiger partial charge in [-0.15, -0.1) is 0 Å². The molecule has 0 radical (unpaired) electrons. The summed E-state index contributed by atoms with van der Waals surface area (Å²) in [6, 6.07) is 15.2. The summed E-state index contributed by atoms with van der Waals surface area (Å²) in [5, 5.41) is 5.06. The van der Waals surface area contributed by atoms with E-state index in [1.807, 2.05) is 48.5 Å². The van der Waals surface area contributed by atoms with Gasteiger partial charge in [0.05, 0.1) is 19.2 Å². The molecule has 0 spiro atoms. The first-order chi connectivity index (χ1) is 13.1. The Morgan fingerprint density at radius 2 is 1.89 bits per heavy atom. The number of carbonyl (C=O) groups is 1. The lowest BCUT2D eigenvalue weighted by Crippen LogP contribution is -2.41. The summed E-state index contributed by atoms with van der Waals surface area (Å²) in [5.74, 6) is 1.24. The lowest BCUT2D eigenvalue weighted by molar-refractivity contribution is -0.117. The fraction of sp³-hybridized carbons (Fsp3) is 0.250. The minimum Gasteiger partial charge on any atom is -0.496 e. The van der Waals surface area contributed by atoms with Gasteiger partial charge >= 0.3 is 0 Å². The first kappa shape index (κ1) is 17.5. The molecule has 27 heavy (non-hydrogen) atoms. The van der Waals surface area contributed by atoms with Gasteiger partial charge in [0.1, 0.15) is 12.1 Å². The van der Waals surface area contributed by atoms with Gasteiger partial charge in [-0.25, -0.2) is 4.68 Å². The van der Waals surface area contributed by atoms with Gasteiger partial charge in [0, 0.05) is 17.5 Å². The van der Waals surface area contributed by atoms with Crippen molar-refractivity contribution >= 4 is 23.5 Å². The molecule has 0 saturated carbocycles. The molecular formula is C20H19ClN4O2. The monoisotopic (exact) mass is 382 g/mol. The number of amides is 1. The summed E-state index contributed by atoms with van der Waals surface area (Å²) < 4.78 is 7.36. The van der Waals surface area contributed by atoms with Crippen molar-refractivity contribution in [3.8, 4) is 5.75 Å². The standard InChI is InChI=1S/C20H19ClN4O2/c1-13(26)24-17(14-7-9-15(21)10-8-14)11-18(25-20(24)22-12-23-25)16-5-3-4-6-19(16)27-2/h3-10,12,17-18H,11H2,1-2H3/t17-,18+/m1/s1. The van der Waals surface area contributed by atoms with Crippen LogP contribution < -0.4 is 9.64 Å². The molecule has 0 N–H and O–H groups in total. The third-order valence-corrected chi connectivity index (χ3v) is 5.17. The van der Waals surface area contributed by atoms with Gasteiger partial charge in [0.25, 0.3) is 0 Å². The van der Waals surface area contributed by atoms with Crippen molar-refractivity contribution in [2.45, 2.75) is 25.4 Å². The maximum Gasteiger partial charge on any atom is 0.231 e. The van der Waals surface area contributed by atoms with Crippen LogP contribution in [0.1, 0.15) is 36.6 Å². The van der Waals surface area contributed by atoms with Crippen LogP contribution in [-0.4, -0.2) is 27.8 Å². The average Bonchev–Trinajstić information content (AvgIpc) is 3.16. The van der Waals surface area contributed by atoms with Crippen molar-refractivity contribution in [1.29, 1.82) is 0 Å². The highest BCUT2D eigenvalue weighted by molar-refractivity contribution is 6.30. The minimum atomic E-state index is -0.175. The van der Waals surface area contributed by atoms with E-state index in [0.29, 0.717) is 17.4 Å². The Hall–Kier alpha value is -2.86. The zero-order valence-corrected chi connectivity index (χ0v) is 15.8. The molecule has 0 fully saturated rings. The molecule has 0 aliphatic carbocycles. The first-order valence-corrected chi connectivity index (χ1v) is 9.05. The number of fused-ring (bicyclic) bond motifs is 1. The minimum absolute atomic E-state index is 0.0809. The number of carbonyl (C=O) groups excluding carboxylic acids is 1. The van der Waals surface area contributed by atoms with Gasteiger partial charge in [-0.3, -0.25) is 9.69 Å². The third kappa shape index (κ3) is 3.06. The zero-order chi connectivity index (χ0) is 19.0. The predicted molar refractivity (Wildman–Crippen MR) is 103 cm³/mol. The SMILES string of the molecule is COc1ccccc1[C@@H]1C[C@H](c2ccc(Cl)cc2)N(C(C)=O)c2ncnn21. The van der Waals surface area contributed by atoms with E-state index >= 15 is 0 Å². The number of halogens is 1. The van der Waals surface area contributed by atoms with Gasteiger partial charge in [-0.2, -0.15) is 10.1 Å². The Labute approximate surface area is 162 Å². The molecule has 1 aromatic heterocycles. The highest BCUT2D eigenvalue weighted by Gasteiger charge is 2.38. The molecule has 0 saturated heterocycles. The van der Waals surface area contributed by atoms with E-state index in [0.717, 1.165) is 16.9 Å². The summed E-state index contributed by atoms with van der Waals surface area (Å²) in [7, 11) is 1.66. The second kappa shape index (κ2) is 7.04. The number of hydrogen-bond donors (Lipinski definition) is 0. The Balaban J connectivity index is 1.86. The average molecular weight is 383 g/mol. The normalized spacial score (nSPS) is 18.9. The lowest BCUT2D eigenvalue weighted by atomic mass is 9.91. The number of rotatable bonds is 3. The molecule has 7 heteroatoms. The molecule has 138 valence electrons. The van der Waals surface area contributed by atoms with Crippen LogP contribution in [0.25, 0.3) is 0 Å². The van der Waals surface area contributed by atoms with Crippen molar-refractivity contribution in [2.24, 2.45) is 0 Å². The molecule has 1 aliphatic heterocycles. The summed E-state index contributed by atoms with van der Waals surface area (Å²) in [4.78, 5) is 18.5. The van der Waals surface area contributed by atoms with Gasteiger partial charge in [0.15, 0.2) is 0 Å². The Morgan fingerprint density at radius 3 is 2.59 bits per heavy atom. The Kier molecular flexibility index (Phi) is 4.58. The fourth-order valence-electron chi connectivity index (χ4n) is 3.72. The van der Waals surface area contributed by atoms with Crippen molar-refractivity contribution in [1.82, 2.24) is 14.8 Å².